The Morgan fingerprint density at radius 3 is 1.84 bits per heavy atom. The van der Waals surface area contributed by atoms with Crippen molar-refractivity contribution < 1.29 is 40.2 Å². The molecule has 5 rings (SSSR count). The molecule has 7 nitrogen and oxygen atoms in total. The molecule has 4 aromatic rings. The van der Waals surface area contributed by atoms with Gasteiger partial charge >= 0.3 is 18.0 Å². The van der Waals surface area contributed by atoms with Crippen molar-refractivity contribution in [2.24, 2.45) is 0 Å². The Bertz CT molecular complexity index is 1540. The molecule has 2 heterocycles. The summed E-state index contributed by atoms with van der Waals surface area (Å²) >= 11 is 0. The van der Waals surface area contributed by atoms with Crippen molar-refractivity contribution in [1.29, 1.82) is 0 Å². The maximum absolute atomic E-state index is 14.0. The van der Waals surface area contributed by atoms with Crippen molar-refractivity contribution in [3.8, 4) is 0 Å². The molecule has 43 heavy (non-hydrogen) atoms. The average molecular weight is 611 g/mol. The lowest BCUT2D eigenvalue weighted by atomic mass is 9.85. The highest BCUT2D eigenvalue weighted by atomic mass is 19.4. The standard InChI is InChI=1S/C29H25F7N4O3/c1-26(19-2-6-22(7-3-19)28(31,32)33,20-4-8-23(9-5-20)29(34,35)36)43-27(21-10-12-24(30)13-11-21)16-42-15-14-39(27)18-40-25(41)37-17-38-40/h2-13,17H,14-16,18H2,1H3,(H,37,38,41)/t27-/m0/s1. The minimum Gasteiger partial charge on any atom is -0.375 e. The molecule has 0 bridgehead atoms. The molecule has 1 N–H and O–H groups in total. The number of rotatable bonds is 7. The van der Waals surface area contributed by atoms with Crippen molar-refractivity contribution in [2.45, 2.75) is 37.3 Å². The number of aromatic nitrogens is 3. The molecule has 0 aliphatic carbocycles. The summed E-state index contributed by atoms with van der Waals surface area (Å²) in [7, 11) is 0. The second kappa shape index (κ2) is 11.2. The van der Waals surface area contributed by atoms with Crippen LogP contribution in [0.25, 0.3) is 0 Å². The third kappa shape index (κ3) is 6.08. The van der Waals surface area contributed by atoms with Crippen LogP contribution < -0.4 is 5.69 Å². The van der Waals surface area contributed by atoms with Crippen LogP contribution in [-0.4, -0.2) is 39.4 Å². The van der Waals surface area contributed by atoms with Gasteiger partial charge in [-0.05, 0) is 54.4 Å². The van der Waals surface area contributed by atoms with Crippen LogP contribution >= 0.6 is 0 Å². The molecule has 0 unspecified atom stereocenters. The number of aromatic amines is 1. The fourth-order valence-corrected chi connectivity index (χ4v) is 5.09. The average Bonchev–Trinajstić information content (AvgIpc) is 3.37. The minimum absolute atomic E-state index is 0.140. The molecule has 3 aromatic carbocycles. The van der Waals surface area contributed by atoms with Gasteiger partial charge in [0.1, 0.15) is 24.4 Å². The van der Waals surface area contributed by atoms with Crippen molar-refractivity contribution in [2.75, 3.05) is 19.8 Å². The van der Waals surface area contributed by atoms with Gasteiger partial charge in [0.15, 0.2) is 5.72 Å². The van der Waals surface area contributed by atoms with Crippen LogP contribution in [0, 0.1) is 5.82 Å². The van der Waals surface area contributed by atoms with E-state index in [1.807, 2.05) is 0 Å². The van der Waals surface area contributed by atoms with Crippen LogP contribution in [0.2, 0.25) is 0 Å². The first-order chi connectivity index (χ1) is 20.2. The Morgan fingerprint density at radius 1 is 0.860 bits per heavy atom. The van der Waals surface area contributed by atoms with Gasteiger partial charge in [-0.15, -0.1) is 0 Å². The molecule has 1 aliphatic rings. The number of nitrogens with zero attached hydrogens (tertiary/aromatic N) is 3. The Morgan fingerprint density at radius 2 is 1.37 bits per heavy atom. The smallest absolute Gasteiger partial charge is 0.375 e. The molecule has 1 fully saturated rings. The number of alkyl halides is 6. The summed E-state index contributed by atoms with van der Waals surface area (Å²) in [5.41, 5.74) is -4.98. The van der Waals surface area contributed by atoms with Crippen molar-refractivity contribution in [1.82, 2.24) is 19.7 Å². The predicted molar refractivity (Wildman–Crippen MR) is 139 cm³/mol. The van der Waals surface area contributed by atoms with Gasteiger partial charge in [-0.3, -0.25) is 4.98 Å². The van der Waals surface area contributed by atoms with E-state index in [0.29, 0.717) is 5.56 Å². The molecule has 1 aromatic heterocycles. The third-order valence-corrected chi connectivity index (χ3v) is 7.43. The number of morpholine rings is 1. The summed E-state index contributed by atoms with van der Waals surface area (Å²) in [4.78, 5) is 16.5. The van der Waals surface area contributed by atoms with E-state index in [-0.39, 0.29) is 37.6 Å². The zero-order valence-corrected chi connectivity index (χ0v) is 22.5. The van der Waals surface area contributed by atoms with Crippen LogP contribution in [0.15, 0.2) is 83.9 Å². The molecule has 0 amide bonds. The topological polar surface area (TPSA) is 72.4 Å². The Hall–Kier alpha value is -4.01. The summed E-state index contributed by atoms with van der Waals surface area (Å²) in [6, 6.07) is 13.4. The SMILES string of the molecule is CC(O[C@]1(c2ccc(F)cc2)COCCN1Cn1nc[nH]c1=O)(c1ccc(C(F)(F)F)cc1)c1ccc(C(F)(F)F)cc1. The van der Waals surface area contributed by atoms with Gasteiger partial charge in [-0.2, -0.15) is 36.1 Å². The van der Waals surface area contributed by atoms with Crippen molar-refractivity contribution in [3.05, 3.63) is 123 Å². The number of hydrogen-bond donors (Lipinski definition) is 1. The molecule has 0 spiro atoms. The first-order valence-electron chi connectivity index (χ1n) is 13.0. The van der Waals surface area contributed by atoms with E-state index in [4.69, 9.17) is 9.47 Å². The molecule has 1 saturated heterocycles. The van der Waals surface area contributed by atoms with Crippen LogP contribution in [0.5, 0.6) is 0 Å². The second-order valence-electron chi connectivity index (χ2n) is 10.1. The maximum atomic E-state index is 14.0. The zero-order chi connectivity index (χ0) is 31.0. The summed E-state index contributed by atoms with van der Waals surface area (Å²) in [5.74, 6) is -0.557. The lowest BCUT2D eigenvalue weighted by molar-refractivity contribution is -0.278. The minimum atomic E-state index is -4.63. The molecule has 1 aliphatic heterocycles. The Labute approximate surface area is 240 Å². The first kappa shape index (κ1) is 30.4. The van der Waals surface area contributed by atoms with Gasteiger partial charge in [-0.1, -0.05) is 36.4 Å². The highest BCUT2D eigenvalue weighted by Gasteiger charge is 2.49. The van der Waals surface area contributed by atoms with E-state index in [1.54, 1.807) is 4.90 Å². The molecule has 1 atom stereocenters. The van der Waals surface area contributed by atoms with Crippen LogP contribution in [0.4, 0.5) is 30.7 Å². The number of H-pyrrole nitrogens is 1. The summed E-state index contributed by atoms with van der Waals surface area (Å²) in [6.45, 7) is 1.56. The zero-order valence-electron chi connectivity index (χ0n) is 22.5. The van der Waals surface area contributed by atoms with Gasteiger partial charge in [0, 0.05) is 12.1 Å². The van der Waals surface area contributed by atoms with Gasteiger partial charge in [0.05, 0.1) is 24.3 Å². The fourth-order valence-electron chi connectivity index (χ4n) is 5.09. The van der Waals surface area contributed by atoms with Crippen LogP contribution in [-0.2, 0) is 39.8 Å². The highest BCUT2D eigenvalue weighted by Crippen LogP contribution is 2.45. The number of ether oxygens (including phenoxy) is 2. The number of hydrogen-bond acceptors (Lipinski definition) is 5. The highest BCUT2D eigenvalue weighted by molar-refractivity contribution is 5.40. The van der Waals surface area contributed by atoms with E-state index in [0.717, 1.165) is 28.9 Å². The quantitative estimate of drug-likeness (QED) is 0.265. The number of nitrogens with one attached hydrogen (secondary N) is 1. The molecular formula is C29H25F7N4O3. The summed E-state index contributed by atoms with van der Waals surface area (Å²) in [5, 5.41) is 4.00. The Balaban J connectivity index is 1.69. The third-order valence-electron chi connectivity index (χ3n) is 7.43. The number of benzene rings is 3. The van der Waals surface area contributed by atoms with Gasteiger partial charge in [0.2, 0.25) is 0 Å². The van der Waals surface area contributed by atoms with Crippen LogP contribution in [0.3, 0.4) is 0 Å². The van der Waals surface area contributed by atoms with E-state index in [2.05, 4.69) is 10.1 Å². The monoisotopic (exact) mass is 610 g/mol. The normalized spacial score (nSPS) is 18.6. The lowest BCUT2D eigenvalue weighted by Crippen LogP contribution is -2.59. The van der Waals surface area contributed by atoms with Crippen molar-refractivity contribution in [3.63, 3.8) is 0 Å². The van der Waals surface area contributed by atoms with Gasteiger partial charge < -0.3 is 9.47 Å². The van der Waals surface area contributed by atoms with E-state index >= 15 is 0 Å². The second-order valence-corrected chi connectivity index (χ2v) is 10.1. The number of halogens is 7. The Kier molecular flexibility index (Phi) is 7.96. The van der Waals surface area contributed by atoms with E-state index < -0.39 is 46.3 Å². The molecule has 14 heteroatoms. The largest absolute Gasteiger partial charge is 0.416 e. The summed E-state index contributed by atoms with van der Waals surface area (Å²) in [6.07, 6.45) is -8.08. The van der Waals surface area contributed by atoms with Gasteiger partial charge in [-0.25, -0.2) is 14.1 Å². The van der Waals surface area contributed by atoms with Crippen molar-refractivity contribution >= 4 is 0 Å². The fraction of sp³-hybridized carbons (Fsp3) is 0.310. The predicted octanol–water partition coefficient (Wildman–Crippen LogP) is 5.87. The lowest BCUT2D eigenvalue weighted by Gasteiger charge is -2.50. The van der Waals surface area contributed by atoms with Crippen LogP contribution in [0.1, 0.15) is 34.7 Å². The molecule has 0 saturated carbocycles. The molecule has 228 valence electrons. The molecular weight excluding hydrogens is 585 g/mol. The first-order valence-corrected chi connectivity index (χ1v) is 13.0. The molecule has 0 radical (unpaired) electrons. The van der Waals surface area contributed by atoms with Gasteiger partial charge in [0.25, 0.3) is 0 Å². The van der Waals surface area contributed by atoms with E-state index in [9.17, 15) is 35.5 Å². The summed E-state index contributed by atoms with van der Waals surface area (Å²) < 4.78 is 108. The van der Waals surface area contributed by atoms with E-state index in [1.165, 1.54) is 61.8 Å². The maximum Gasteiger partial charge on any atom is 0.416 e.